The Morgan fingerprint density at radius 1 is 1.27 bits per heavy atom. The summed E-state index contributed by atoms with van der Waals surface area (Å²) in [6.07, 6.45) is 0.669. The van der Waals surface area contributed by atoms with Crippen molar-refractivity contribution in [2.24, 2.45) is 5.92 Å². The highest BCUT2D eigenvalue weighted by molar-refractivity contribution is 7.91. The van der Waals surface area contributed by atoms with E-state index in [1.54, 1.807) is 24.4 Å². The van der Waals surface area contributed by atoms with E-state index in [1.165, 1.54) is 4.31 Å². The Morgan fingerprint density at radius 2 is 2.00 bits per heavy atom. The molecule has 0 aromatic carbocycles. The summed E-state index contributed by atoms with van der Waals surface area (Å²) < 4.78 is 37.0. The molecule has 0 radical (unpaired) electrons. The van der Waals surface area contributed by atoms with Crippen molar-refractivity contribution in [3.63, 3.8) is 0 Å². The molecule has 1 aromatic heterocycles. The Labute approximate surface area is 178 Å². The molecule has 2 aliphatic rings. The van der Waals surface area contributed by atoms with Gasteiger partial charge in [0.1, 0.15) is 10.8 Å². The number of hydrogen-bond acceptors (Lipinski definition) is 8. The molecule has 2 aliphatic heterocycles. The third-order valence-electron chi connectivity index (χ3n) is 4.81. The second-order valence-electron chi connectivity index (χ2n) is 6.70. The fourth-order valence-corrected chi connectivity index (χ4v) is 5.81. The van der Waals surface area contributed by atoms with Crippen LogP contribution in [0.5, 0.6) is 0 Å². The van der Waals surface area contributed by atoms with Gasteiger partial charge in [-0.15, -0.1) is 11.3 Å². The molecule has 2 N–H and O–H groups in total. The van der Waals surface area contributed by atoms with E-state index >= 15 is 0 Å². The number of ether oxygens (including phenoxy) is 2. The fourth-order valence-electron chi connectivity index (χ4n) is 3.20. The summed E-state index contributed by atoms with van der Waals surface area (Å²) in [7, 11) is -3.54. The van der Waals surface area contributed by atoms with E-state index in [0.717, 1.165) is 11.3 Å². The topological polar surface area (TPSA) is 131 Å². The molecule has 1 fully saturated rings. The zero-order chi connectivity index (χ0) is 21.7. The molecule has 3 rings (SSSR count). The van der Waals surface area contributed by atoms with E-state index < -0.39 is 33.9 Å². The highest BCUT2D eigenvalue weighted by Crippen LogP contribution is 2.27. The molecule has 0 unspecified atom stereocenters. The summed E-state index contributed by atoms with van der Waals surface area (Å²) in [6, 6.07) is 2.74. The predicted octanol–water partition coefficient (Wildman–Crippen LogP) is 0.822. The molecule has 2 amide bonds. The number of piperidine rings is 1. The van der Waals surface area contributed by atoms with Crippen molar-refractivity contribution in [2.75, 3.05) is 32.8 Å². The van der Waals surface area contributed by atoms with Gasteiger partial charge < -0.3 is 20.1 Å². The quantitative estimate of drug-likeness (QED) is 0.580. The second-order valence-corrected chi connectivity index (χ2v) is 9.82. The van der Waals surface area contributed by atoms with Gasteiger partial charge in [-0.3, -0.25) is 4.79 Å². The van der Waals surface area contributed by atoms with Gasteiger partial charge in [-0.1, -0.05) is 6.07 Å². The smallest absolute Gasteiger partial charge is 0.337 e. The van der Waals surface area contributed by atoms with E-state index in [1.807, 2.05) is 0 Å². The third kappa shape index (κ3) is 4.99. The molecule has 30 heavy (non-hydrogen) atoms. The first-order chi connectivity index (χ1) is 14.3. The summed E-state index contributed by atoms with van der Waals surface area (Å²) in [5.41, 5.74) is 0.379. The van der Waals surface area contributed by atoms with Gasteiger partial charge in [-0.25, -0.2) is 18.0 Å². The van der Waals surface area contributed by atoms with Crippen LogP contribution in [0.2, 0.25) is 0 Å². The first-order valence-electron chi connectivity index (χ1n) is 9.47. The number of esters is 2. The zero-order valence-corrected chi connectivity index (χ0v) is 18.0. The Balaban J connectivity index is 1.57. The minimum atomic E-state index is -3.54. The van der Waals surface area contributed by atoms with Crippen LogP contribution < -0.4 is 10.6 Å². The van der Waals surface area contributed by atoms with Crippen LogP contribution in [-0.4, -0.2) is 63.5 Å². The van der Waals surface area contributed by atoms with Crippen molar-refractivity contribution in [3.8, 4) is 0 Å². The van der Waals surface area contributed by atoms with Gasteiger partial charge in [0.25, 0.3) is 10.0 Å². The predicted molar refractivity (Wildman–Crippen MR) is 107 cm³/mol. The molecule has 0 saturated carbocycles. The van der Waals surface area contributed by atoms with Gasteiger partial charge >= 0.3 is 18.0 Å². The van der Waals surface area contributed by atoms with Crippen molar-refractivity contribution in [3.05, 3.63) is 28.8 Å². The van der Waals surface area contributed by atoms with Crippen LogP contribution in [0, 0.1) is 5.92 Å². The highest BCUT2D eigenvalue weighted by Gasteiger charge is 2.33. The normalized spacial score (nSPS) is 18.5. The van der Waals surface area contributed by atoms with Crippen LogP contribution in [0.25, 0.3) is 0 Å². The summed E-state index contributed by atoms with van der Waals surface area (Å²) in [4.78, 5) is 36.0. The van der Waals surface area contributed by atoms with E-state index in [-0.39, 0.29) is 48.3 Å². The van der Waals surface area contributed by atoms with Gasteiger partial charge in [-0.2, -0.15) is 4.31 Å². The third-order valence-corrected chi connectivity index (χ3v) is 8.08. The van der Waals surface area contributed by atoms with Gasteiger partial charge in [0.2, 0.25) is 0 Å². The molecule has 164 valence electrons. The average molecular weight is 458 g/mol. The second kappa shape index (κ2) is 9.58. The minimum absolute atomic E-state index is 0.0173. The Morgan fingerprint density at radius 3 is 2.63 bits per heavy atom. The maximum absolute atomic E-state index is 12.6. The molecule has 10 nitrogen and oxygen atoms in total. The Hall–Kier alpha value is -2.44. The molecular formula is C18H23N3O7S2. The summed E-state index contributed by atoms with van der Waals surface area (Å²) in [6.45, 7) is 1.99. The van der Waals surface area contributed by atoms with Crippen LogP contribution in [0.4, 0.5) is 4.79 Å². The molecule has 1 saturated heterocycles. The lowest BCUT2D eigenvalue weighted by molar-refractivity contribution is -0.149. The van der Waals surface area contributed by atoms with Crippen molar-refractivity contribution >= 4 is 39.3 Å². The van der Waals surface area contributed by atoms with Crippen LogP contribution in [-0.2, 0) is 29.1 Å². The van der Waals surface area contributed by atoms with E-state index in [2.05, 4.69) is 10.6 Å². The number of sulfonamides is 1. The lowest BCUT2D eigenvalue weighted by atomic mass is 9.98. The molecule has 0 spiro atoms. The number of nitrogens with zero attached hydrogens (tertiary/aromatic N) is 1. The first-order valence-corrected chi connectivity index (χ1v) is 11.8. The number of rotatable bonds is 7. The van der Waals surface area contributed by atoms with Crippen LogP contribution in [0.1, 0.15) is 19.8 Å². The number of amides is 2. The van der Waals surface area contributed by atoms with E-state index in [4.69, 9.17) is 9.47 Å². The molecule has 0 bridgehead atoms. The monoisotopic (exact) mass is 457 g/mol. The Bertz CT molecular complexity index is 933. The SMILES string of the molecule is CCOC(=O)C1=C(COC(=O)C2CCN(S(=O)(=O)c3cccs3)CC2)NC(=O)NC1. The minimum Gasteiger partial charge on any atom is -0.463 e. The summed E-state index contributed by atoms with van der Waals surface area (Å²) in [5.74, 6) is -1.54. The number of hydrogen-bond donors (Lipinski definition) is 2. The highest BCUT2D eigenvalue weighted by atomic mass is 32.2. The first kappa shape index (κ1) is 22.2. The molecule has 3 heterocycles. The number of urea groups is 1. The van der Waals surface area contributed by atoms with Gasteiger partial charge in [0.15, 0.2) is 0 Å². The van der Waals surface area contributed by atoms with Crippen LogP contribution >= 0.6 is 11.3 Å². The van der Waals surface area contributed by atoms with Crippen molar-refractivity contribution in [1.82, 2.24) is 14.9 Å². The number of carbonyl (C=O) groups excluding carboxylic acids is 3. The number of nitrogens with one attached hydrogen (secondary N) is 2. The Kier molecular flexibility index (Phi) is 7.10. The maximum Gasteiger partial charge on any atom is 0.337 e. The maximum atomic E-state index is 12.6. The fraction of sp³-hybridized carbons (Fsp3) is 0.500. The lowest BCUT2D eigenvalue weighted by Gasteiger charge is -2.30. The molecule has 12 heteroatoms. The van der Waals surface area contributed by atoms with Crippen LogP contribution in [0.3, 0.4) is 0 Å². The van der Waals surface area contributed by atoms with Crippen molar-refractivity contribution in [1.29, 1.82) is 0 Å². The number of thiophene rings is 1. The molecular weight excluding hydrogens is 434 g/mol. The summed E-state index contributed by atoms with van der Waals surface area (Å²) in [5, 5.41) is 6.65. The molecule has 0 atom stereocenters. The largest absolute Gasteiger partial charge is 0.463 e. The molecule has 0 aliphatic carbocycles. The zero-order valence-electron chi connectivity index (χ0n) is 16.4. The summed E-state index contributed by atoms with van der Waals surface area (Å²) >= 11 is 1.16. The standard InChI is InChI=1S/C18H23N3O7S2/c1-2-27-17(23)13-10-19-18(24)20-14(13)11-28-16(22)12-5-7-21(8-6-12)30(25,26)15-4-3-9-29-15/h3-4,9,12H,2,5-8,10-11H2,1H3,(H2,19,20,24). The van der Waals surface area contributed by atoms with Crippen LogP contribution in [0.15, 0.2) is 33.0 Å². The van der Waals surface area contributed by atoms with E-state index in [9.17, 15) is 22.8 Å². The van der Waals surface area contributed by atoms with Gasteiger partial charge in [-0.05, 0) is 31.2 Å². The van der Waals surface area contributed by atoms with E-state index in [0.29, 0.717) is 12.8 Å². The van der Waals surface area contributed by atoms with Crippen molar-refractivity contribution < 1.29 is 32.3 Å². The van der Waals surface area contributed by atoms with Crippen molar-refractivity contribution in [2.45, 2.75) is 24.0 Å². The average Bonchev–Trinajstić information content (AvgIpc) is 3.28. The molecule has 1 aromatic rings. The van der Waals surface area contributed by atoms with Gasteiger partial charge in [0.05, 0.1) is 30.3 Å². The number of carbonyl (C=O) groups is 3. The van der Waals surface area contributed by atoms with Gasteiger partial charge in [0, 0.05) is 13.1 Å². The lowest BCUT2D eigenvalue weighted by Crippen LogP contribution is -2.45.